The monoisotopic (exact) mass is 541 g/mol. The number of carbonyl (C=O) groups excluding carboxylic acids is 1. The topological polar surface area (TPSA) is 68.5 Å². The van der Waals surface area contributed by atoms with Gasteiger partial charge in [0.25, 0.3) is 5.91 Å². The predicted octanol–water partition coefficient (Wildman–Crippen LogP) is 8.51. The normalized spacial score (nSPS) is 10.9. The highest BCUT2D eigenvalue weighted by molar-refractivity contribution is 7.21. The summed E-state index contributed by atoms with van der Waals surface area (Å²) in [6.45, 7) is 2.06. The molecule has 2 aromatic heterocycles. The molecule has 0 fully saturated rings. The van der Waals surface area contributed by atoms with Crippen LogP contribution in [0.5, 0.6) is 5.75 Å². The zero-order valence-electron chi connectivity index (χ0n) is 22.2. The lowest BCUT2D eigenvalue weighted by molar-refractivity contribution is 0.100. The lowest BCUT2D eigenvalue weighted by atomic mass is 9.99. The molecular formula is C34H27N3O2S. The van der Waals surface area contributed by atoms with Gasteiger partial charge in [-0.2, -0.15) is 0 Å². The van der Waals surface area contributed by atoms with E-state index in [0.29, 0.717) is 15.4 Å². The molecular weight excluding hydrogens is 514 g/mol. The number of aromatic nitrogens is 1. The average Bonchev–Trinajstić information content (AvgIpc) is 3.34. The number of ether oxygens (including phenoxy) is 1. The van der Waals surface area contributed by atoms with Crippen LogP contribution >= 0.6 is 11.3 Å². The molecule has 0 bridgehead atoms. The van der Waals surface area contributed by atoms with Gasteiger partial charge in [0.15, 0.2) is 0 Å². The number of pyridine rings is 1. The summed E-state index contributed by atoms with van der Waals surface area (Å²) in [6, 6.07) is 37.4. The van der Waals surface area contributed by atoms with E-state index in [2.05, 4.69) is 37.3 Å². The molecule has 6 rings (SSSR count). The number of nitrogen functional groups attached to an aromatic ring is 1. The van der Waals surface area contributed by atoms with Gasteiger partial charge in [0.1, 0.15) is 15.5 Å². The molecule has 0 radical (unpaired) electrons. The molecule has 0 spiro atoms. The predicted molar refractivity (Wildman–Crippen MR) is 166 cm³/mol. The Morgan fingerprint density at radius 3 is 1.95 bits per heavy atom. The Kier molecular flexibility index (Phi) is 6.76. The molecule has 0 saturated carbocycles. The van der Waals surface area contributed by atoms with Gasteiger partial charge < -0.3 is 10.5 Å². The molecule has 2 N–H and O–H groups in total. The van der Waals surface area contributed by atoms with Crippen LogP contribution in [0.1, 0.15) is 15.2 Å². The van der Waals surface area contributed by atoms with E-state index in [1.807, 2.05) is 84.9 Å². The molecule has 6 heteroatoms. The molecule has 0 aliphatic heterocycles. The summed E-state index contributed by atoms with van der Waals surface area (Å²) in [4.78, 5) is 22.1. The van der Waals surface area contributed by atoms with Crippen LogP contribution < -0.4 is 15.4 Å². The van der Waals surface area contributed by atoms with Crippen LogP contribution in [0.15, 0.2) is 115 Å². The summed E-state index contributed by atoms with van der Waals surface area (Å²) in [6.07, 6.45) is 0. The first-order valence-corrected chi connectivity index (χ1v) is 13.7. The van der Waals surface area contributed by atoms with Gasteiger partial charge in [0.2, 0.25) is 0 Å². The number of amides is 1. The van der Waals surface area contributed by atoms with Gasteiger partial charge in [0.05, 0.1) is 18.5 Å². The van der Waals surface area contributed by atoms with Crippen LogP contribution in [0.2, 0.25) is 0 Å². The third kappa shape index (κ3) is 4.70. The van der Waals surface area contributed by atoms with E-state index >= 15 is 0 Å². The van der Waals surface area contributed by atoms with Crippen molar-refractivity contribution in [2.24, 2.45) is 0 Å². The molecule has 0 aliphatic carbocycles. The first kappa shape index (κ1) is 25.3. The number of benzene rings is 4. The first-order valence-electron chi connectivity index (χ1n) is 12.9. The van der Waals surface area contributed by atoms with Crippen LogP contribution in [0.4, 0.5) is 17.1 Å². The number of nitrogens with two attached hydrogens (primary N) is 1. The number of rotatable bonds is 6. The Morgan fingerprint density at radius 1 is 0.800 bits per heavy atom. The Balaban J connectivity index is 1.56. The second kappa shape index (κ2) is 10.7. The molecule has 196 valence electrons. The molecule has 0 saturated heterocycles. The maximum atomic E-state index is 14.3. The van der Waals surface area contributed by atoms with E-state index in [9.17, 15) is 4.79 Å². The zero-order valence-corrected chi connectivity index (χ0v) is 23.0. The second-order valence-electron chi connectivity index (χ2n) is 9.49. The Labute approximate surface area is 237 Å². The van der Waals surface area contributed by atoms with Gasteiger partial charge in [-0.3, -0.25) is 9.69 Å². The Morgan fingerprint density at radius 2 is 1.38 bits per heavy atom. The van der Waals surface area contributed by atoms with Gasteiger partial charge in [0, 0.05) is 22.3 Å². The fraction of sp³-hybridized carbons (Fsp3) is 0.0588. The number of hydrogen-bond acceptors (Lipinski definition) is 5. The molecule has 40 heavy (non-hydrogen) atoms. The fourth-order valence-electron chi connectivity index (χ4n) is 4.79. The van der Waals surface area contributed by atoms with Crippen molar-refractivity contribution >= 4 is 44.5 Å². The number of fused-ring (bicyclic) bond motifs is 1. The number of carbonyl (C=O) groups is 1. The van der Waals surface area contributed by atoms with Crippen molar-refractivity contribution < 1.29 is 9.53 Å². The van der Waals surface area contributed by atoms with Gasteiger partial charge in [-0.15, -0.1) is 11.3 Å². The number of thiophene rings is 1. The summed E-state index contributed by atoms with van der Waals surface area (Å²) in [5.74, 6) is 0.568. The first-order chi connectivity index (χ1) is 19.5. The summed E-state index contributed by atoms with van der Waals surface area (Å²) >= 11 is 1.33. The zero-order chi connectivity index (χ0) is 27.6. The van der Waals surface area contributed by atoms with Crippen LogP contribution in [0, 0.1) is 6.92 Å². The molecule has 0 atom stereocenters. The van der Waals surface area contributed by atoms with Crippen molar-refractivity contribution in [1.29, 1.82) is 0 Å². The standard InChI is InChI=1S/C34H27N3O2S/c1-22-13-15-24(16-14-22)29-21-28(23-17-19-27(39-2)20-18-23)30-31(35)32(40-33(30)36-29)34(38)37(25-9-5-3-6-10-25)26-11-7-4-8-12-26/h3-21H,35H2,1-2H3. The Bertz CT molecular complexity index is 1760. The van der Waals surface area contributed by atoms with E-state index in [-0.39, 0.29) is 5.91 Å². The minimum absolute atomic E-state index is 0.199. The molecule has 1 amide bonds. The summed E-state index contributed by atoms with van der Waals surface area (Å²) in [5.41, 5.74) is 13.7. The van der Waals surface area contributed by atoms with E-state index in [0.717, 1.165) is 44.9 Å². The van der Waals surface area contributed by atoms with Crippen molar-refractivity contribution in [2.75, 3.05) is 17.7 Å². The highest BCUT2D eigenvalue weighted by atomic mass is 32.1. The number of anilines is 3. The maximum Gasteiger partial charge on any atom is 0.275 e. The van der Waals surface area contributed by atoms with Crippen molar-refractivity contribution in [1.82, 2.24) is 4.98 Å². The van der Waals surface area contributed by atoms with Crippen LogP contribution in [-0.2, 0) is 0 Å². The Hall–Kier alpha value is -4.94. The molecule has 6 aromatic rings. The van der Waals surface area contributed by atoms with Crippen LogP contribution in [-0.4, -0.2) is 18.0 Å². The second-order valence-corrected chi connectivity index (χ2v) is 10.5. The smallest absolute Gasteiger partial charge is 0.275 e. The lowest BCUT2D eigenvalue weighted by Gasteiger charge is -2.22. The highest BCUT2D eigenvalue weighted by Gasteiger charge is 2.27. The molecule has 0 aliphatic rings. The number of hydrogen-bond donors (Lipinski definition) is 1. The number of para-hydroxylation sites is 2. The van der Waals surface area contributed by atoms with Crippen molar-refractivity contribution in [3.63, 3.8) is 0 Å². The highest BCUT2D eigenvalue weighted by Crippen LogP contribution is 2.43. The number of methoxy groups -OCH3 is 1. The van der Waals surface area contributed by atoms with E-state index in [1.54, 1.807) is 12.0 Å². The van der Waals surface area contributed by atoms with Crippen LogP contribution in [0.25, 0.3) is 32.6 Å². The summed E-state index contributed by atoms with van der Waals surface area (Å²) in [7, 11) is 1.65. The quantitative estimate of drug-likeness (QED) is 0.229. The van der Waals surface area contributed by atoms with Gasteiger partial charge in [-0.05, 0) is 60.5 Å². The molecule has 2 heterocycles. The van der Waals surface area contributed by atoms with Crippen molar-refractivity contribution in [2.45, 2.75) is 6.92 Å². The third-order valence-electron chi connectivity index (χ3n) is 6.87. The average molecular weight is 542 g/mol. The minimum atomic E-state index is -0.199. The number of aryl methyl sites for hydroxylation is 1. The fourth-order valence-corrected chi connectivity index (χ4v) is 5.84. The molecule has 4 aromatic carbocycles. The minimum Gasteiger partial charge on any atom is -0.497 e. The largest absolute Gasteiger partial charge is 0.497 e. The summed E-state index contributed by atoms with van der Waals surface area (Å²) < 4.78 is 5.38. The van der Waals surface area contributed by atoms with Crippen LogP contribution in [0.3, 0.4) is 0 Å². The van der Waals surface area contributed by atoms with Crippen molar-refractivity contribution in [3.8, 4) is 28.1 Å². The maximum absolute atomic E-state index is 14.3. The summed E-state index contributed by atoms with van der Waals surface area (Å²) in [5, 5.41) is 0.774. The van der Waals surface area contributed by atoms with E-state index in [4.69, 9.17) is 15.5 Å². The molecule has 0 unspecified atom stereocenters. The van der Waals surface area contributed by atoms with Gasteiger partial charge in [-0.1, -0.05) is 78.4 Å². The number of nitrogens with zero attached hydrogens (tertiary/aromatic N) is 2. The SMILES string of the molecule is COc1ccc(-c2cc(-c3ccc(C)cc3)nc3sc(C(=O)N(c4ccccc4)c4ccccc4)c(N)c23)cc1. The van der Waals surface area contributed by atoms with Crippen molar-refractivity contribution in [3.05, 3.63) is 126 Å². The third-order valence-corrected chi connectivity index (χ3v) is 7.96. The lowest BCUT2D eigenvalue weighted by Crippen LogP contribution is -2.25. The van der Waals surface area contributed by atoms with Gasteiger partial charge >= 0.3 is 0 Å². The molecule has 5 nitrogen and oxygen atoms in total. The van der Waals surface area contributed by atoms with E-state index < -0.39 is 0 Å². The van der Waals surface area contributed by atoms with E-state index in [1.165, 1.54) is 16.9 Å². The van der Waals surface area contributed by atoms with Gasteiger partial charge in [-0.25, -0.2) is 4.98 Å².